The Morgan fingerprint density at radius 2 is 2.22 bits per heavy atom. The van der Waals surface area contributed by atoms with Gasteiger partial charge in [-0.05, 0) is 25.5 Å². The van der Waals surface area contributed by atoms with Crippen LogP contribution in [-0.4, -0.2) is 48.3 Å². The highest BCUT2D eigenvalue weighted by Crippen LogP contribution is 2.25. The molecule has 2 aromatic heterocycles. The summed E-state index contributed by atoms with van der Waals surface area (Å²) in [5, 5.41) is 6.32. The van der Waals surface area contributed by atoms with Gasteiger partial charge < -0.3 is 10.2 Å². The van der Waals surface area contributed by atoms with Crippen LogP contribution in [0.1, 0.15) is 5.82 Å². The Balaban J connectivity index is 2.04. The molecular formula is C12H18N4S2. The smallest absolute Gasteiger partial charge is 0.142 e. The highest BCUT2D eigenvalue weighted by molar-refractivity contribution is 7.98. The van der Waals surface area contributed by atoms with Crippen molar-refractivity contribution in [1.82, 2.24) is 14.9 Å². The molecule has 0 saturated heterocycles. The Hall–Kier alpha value is -0.850. The molecule has 0 aliphatic rings. The molecule has 4 nitrogen and oxygen atoms in total. The third-order valence-corrected chi connectivity index (χ3v) is 4.26. The Bertz CT molecular complexity index is 510. The second kappa shape index (κ2) is 6.36. The van der Waals surface area contributed by atoms with Gasteiger partial charge in [0.15, 0.2) is 0 Å². The lowest BCUT2D eigenvalue weighted by Crippen LogP contribution is -2.15. The largest absolute Gasteiger partial charge is 0.372 e. The molecule has 0 atom stereocenters. The van der Waals surface area contributed by atoms with Crippen LogP contribution in [-0.2, 0) is 5.75 Å². The number of hydrogen-bond acceptors (Lipinski definition) is 6. The highest BCUT2D eigenvalue weighted by Gasteiger charge is 2.07. The van der Waals surface area contributed by atoms with Gasteiger partial charge in [-0.2, -0.15) is 11.8 Å². The first kappa shape index (κ1) is 13.6. The Kier molecular flexibility index (Phi) is 4.79. The molecule has 0 saturated carbocycles. The fourth-order valence-electron chi connectivity index (χ4n) is 1.57. The van der Waals surface area contributed by atoms with E-state index in [1.54, 1.807) is 11.3 Å². The van der Waals surface area contributed by atoms with Crippen molar-refractivity contribution in [2.75, 3.05) is 38.8 Å². The number of rotatable bonds is 6. The van der Waals surface area contributed by atoms with Crippen molar-refractivity contribution in [3.05, 3.63) is 17.3 Å². The molecule has 0 aliphatic heterocycles. The van der Waals surface area contributed by atoms with Crippen LogP contribution in [0.15, 0.2) is 11.4 Å². The normalized spacial score (nSPS) is 11.3. The molecule has 0 radical (unpaired) electrons. The summed E-state index contributed by atoms with van der Waals surface area (Å²) in [4.78, 5) is 12.4. The molecule has 1 N–H and O–H groups in total. The SMILES string of the molecule is CNc1nc(CSCCN(C)C)nc2sccc12. The van der Waals surface area contributed by atoms with E-state index in [1.165, 1.54) is 0 Å². The molecule has 18 heavy (non-hydrogen) atoms. The fraction of sp³-hybridized carbons (Fsp3) is 0.500. The zero-order chi connectivity index (χ0) is 13.0. The van der Waals surface area contributed by atoms with Crippen molar-refractivity contribution in [3.8, 4) is 0 Å². The monoisotopic (exact) mass is 282 g/mol. The van der Waals surface area contributed by atoms with Gasteiger partial charge in [0.25, 0.3) is 0 Å². The van der Waals surface area contributed by atoms with Crippen LogP contribution < -0.4 is 5.32 Å². The summed E-state index contributed by atoms with van der Waals surface area (Å²) in [5.41, 5.74) is 0. The number of fused-ring (bicyclic) bond motifs is 1. The molecule has 6 heteroatoms. The van der Waals surface area contributed by atoms with Crippen LogP contribution in [0, 0.1) is 0 Å². The molecule has 2 rings (SSSR count). The van der Waals surface area contributed by atoms with E-state index in [4.69, 9.17) is 0 Å². The van der Waals surface area contributed by atoms with E-state index in [-0.39, 0.29) is 0 Å². The van der Waals surface area contributed by atoms with Gasteiger partial charge in [0, 0.05) is 19.3 Å². The lowest BCUT2D eigenvalue weighted by molar-refractivity contribution is 0.437. The maximum Gasteiger partial charge on any atom is 0.142 e. The van der Waals surface area contributed by atoms with Crippen LogP contribution >= 0.6 is 23.1 Å². The predicted octanol–water partition coefficient (Wildman–Crippen LogP) is 2.53. The second-order valence-corrected chi connectivity index (χ2v) is 6.23. The average Bonchev–Trinajstić information content (AvgIpc) is 2.81. The number of nitrogens with one attached hydrogen (secondary N) is 1. The molecule has 0 amide bonds. The van der Waals surface area contributed by atoms with Gasteiger partial charge in [0.2, 0.25) is 0 Å². The summed E-state index contributed by atoms with van der Waals surface area (Å²) in [6.07, 6.45) is 0. The number of nitrogens with zero attached hydrogens (tertiary/aromatic N) is 3. The lowest BCUT2D eigenvalue weighted by Gasteiger charge is -2.09. The predicted molar refractivity (Wildman–Crippen MR) is 81.7 cm³/mol. The fourth-order valence-corrected chi connectivity index (χ4v) is 3.30. The van der Waals surface area contributed by atoms with Crippen molar-refractivity contribution in [2.45, 2.75) is 5.75 Å². The van der Waals surface area contributed by atoms with Crippen molar-refractivity contribution in [2.24, 2.45) is 0 Å². The molecule has 0 unspecified atom stereocenters. The maximum atomic E-state index is 4.59. The van der Waals surface area contributed by atoms with Crippen molar-refractivity contribution in [3.63, 3.8) is 0 Å². The summed E-state index contributed by atoms with van der Waals surface area (Å²) >= 11 is 3.54. The van der Waals surface area contributed by atoms with Crippen molar-refractivity contribution < 1.29 is 0 Å². The topological polar surface area (TPSA) is 41.1 Å². The number of hydrogen-bond donors (Lipinski definition) is 1. The van der Waals surface area contributed by atoms with Gasteiger partial charge in [-0.1, -0.05) is 0 Å². The van der Waals surface area contributed by atoms with Crippen LogP contribution in [0.4, 0.5) is 5.82 Å². The minimum absolute atomic E-state index is 0.871. The van der Waals surface area contributed by atoms with E-state index in [1.807, 2.05) is 18.8 Å². The molecule has 98 valence electrons. The van der Waals surface area contributed by atoms with Crippen molar-refractivity contribution >= 4 is 39.1 Å². The molecule has 2 aromatic rings. The maximum absolute atomic E-state index is 4.59. The minimum atomic E-state index is 0.871. The zero-order valence-electron chi connectivity index (χ0n) is 10.9. The summed E-state index contributed by atoms with van der Waals surface area (Å²) in [6, 6.07) is 2.06. The molecule has 0 spiro atoms. The second-order valence-electron chi connectivity index (χ2n) is 4.23. The molecular weight excluding hydrogens is 264 g/mol. The van der Waals surface area contributed by atoms with Gasteiger partial charge in [0.05, 0.1) is 11.1 Å². The van der Waals surface area contributed by atoms with Gasteiger partial charge in [-0.25, -0.2) is 9.97 Å². The van der Waals surface area contributed by atoms with Crippen LogP contribution in [0.3, 0.4) is 0 Å². The molecule has 0 bridgehead atoms. The summed E-state index contributed by atoms with van der Waals surface area (Å²) in [5.74, 6) is 3.83. The number of anilines is 1. The highest BCUT2D eigenvalue weighted by atomic mass is 32.2. The molecule has 0 fully saturated rings. The molecule has 0 aromatic carbocycles. The van der Waals surface area contributed by atoms with E-state index < -0.39 is 0 Å². The van der Waals surface area contributed by atoms with E-state index in [9.17, 15) is 0 Å². The third-order valence-electron chi connectivity index (χ3n) is 2.52. The van der Waals surface area contributed by atoms with Crippen LogP contribution in [0.5, 0.6) is 0 Å². The summed E-state index contributed by atoms with van der Waals surface area (Å²) in [7, 11) is 6.09. The number of aromatic nitrogens is 2. The third kappa shape index (κ3) is 3.34. The standard InChI is InChI=1S/C12H18N4S2/c1-13-11-9-4-6-18-12(9)15-10(14-11)8-17-7-5-16(2)3/h4,6H,5,7-8H2,1-3H3,(H,13,14,15). The Morgan fingerprint density at radius 3 is 2.94 bits per heavy atom. The lowest BCUT2D eigenvalue weighted by atomic mass is 10.4. The molecule has 0 aliphatic carbocycles. The average molecular weight is 282 g/mol. The number of thiophene rings is 1. The van der Waals surface area contributed by atoms with E-state index >= 15 is 0 Å². The van der Waals surface area contributed by atoms with Gasteiger partial charge in [-0.15, -0.1) is 11.3 Å². The summed E-state index contributed by atoms with van der Waals surface area (Å²) < 4.78 is 0. The van der Waals surface area contributed by atoms with Gasteiger partial charge in [0.1, 0.15) is 16.5 Å². The Labute approximate surface area is 116 Å². The van der Waals surface area contributed by atoms with Crippen LogP contribution in [0.2, 0.25) is 0 Å². The minimum Gasteiger partial charge on any atom is -0.372 e. The first-order valence-corrected chi connectivity index (χ1v) is 7.88. The zero-order valence-corrected chi connectivity index (χ0v) is 12.6. The first-order chi connectivity index (χ1) is 8.70. The van der Waals surface area contributed by atoms with Crippen molar-refractivity contribution in [1.29, 1.82) is 0 Å². The van der Waals surface area contributed by atoms with Gasteiger partial charge in [-0.3, -0.25) is 0 Å². The summed E-state index contributed by atoms with van der Waals surface area (Å²) in [6.45, 7) is 1.09. The number of thioether (sulfide) groups is 1. The van der Waals surface area contributed by atoms with E-state index in [0.29, 0.717) is 0 Å². The molecule has 2 heterocycles. The Morgan fingerprint density at radius 1 is 1.39 bits per heavy atom. The van der Waals surface area contributed by atoms with Crippen LogP contribution in [0.25, 0.3) is 10.2 Å². The van der Waals surface area contributed by atoms with Gasteiger partial charge >= 0.3 is 0 Å². The van der Waals surface area contributed by atoms with E-state index in [2.05, 4.69) is 45.7 Å². The quantitative estimate of drug-likeness (QED) is 0.825. The first-order valence-electron chi connectivity index (χ1n) is 5.85. The van der Waals surface area contributed by atoms with E-state index in [0.717, 1.165) is 39.9 Å².